The fourth-order valence-corrected chi connectivity index (χ4v) is 3.63. The van der Waals surface area contributed by atoms with Gasteiger partial charge in [-0.25, -0.2) is 4.98 Å². The van der Waals surface area contributed by atoms with Gasteiger partial charge in [0.25, 0.3) is 0 Å². The number of unbranched alkanes of at least 4 members (excludes halogenated alkanes) is 1. The quantitative estimate of drug-likeness (QED) is 0.379. The third-order valence-corrected chi connectivity index (χ3v) is 6.28. The molecule has 2 fully saturated rings. The van der Waals surface area contributed by atoms with Gasteiger partial charge in [-0.1, -0.05) is 46.5 Å². The summed E-state index contributed by atoms with van der Waals surface area (Å²) in [7, 11) is 0. The van der Waals surface area contributed by atoms with Gasteiger partial charge in [0.15, 0.2) is 0 Å². The molecule has 0 bridgehead atoms. The smallest absolute Gasteiger partial charge is 0.389 e. The van der Waals surface area contributed by atoms with Crippen LogP contribution in [0.15, 0.2) is 17.1 Å². The molecule has 0 radical (unpaired) electrons. The van der Waals surface area contributed by atoms with Gasteiger partial charge < -0.3 is 5.11 Å². The standard InChI is InChI=1S/C13H17F3N2.C9H16O2.C5H10/c1-4-5-6-9(2)17-11-7-8-12(13(14,15)16)18-10(11)3;1-2-4-8(10)7-9(11)5-3-6-9;1-5-3-2-4-5/h7-8H,4-6H2,1-3H3;11H,2-7H2,1H3;5H,2-4H2,1H3. The zero-order chi connectivity index (χ0) is 25.8. The van der Waals surface area contributed by atoms with E-state index in [0.29, 0.717) is 24.2 Å². The van der Waals surface area contributed by atoms with Crippen LogP contribution < -0.4 is 0 Å². The third kappa shape index (κ3) is 11.6. The Morgan fingerprint density at radius 3 is 2.15 bits per heavy atom. The second-order valence-electron chi connectivity index (χ2n) is 9.83. The van der Waals surface area contributed by atoms with Crippen molar-refractivity contribution in [1.82, 2.24) is 4.98 Å². The van der Waals surface area contributed by atoms with Crippen LogP contribution in [0, 0.1) is 12.8 Å². The molecule has 1 heterocycles. The number of carbonyl (C=O) groups excluding carboxylic acids is 1. The lowest BCUT2D eigenvalue weighted by Crippen LogP contribution is -2.38. The number of alkyl halides is 3. The highest BCUT2D eigenvalue weighted by atomic mass is 19.4. The van der Waals surface area contributed by atoms with Crippen molar-refractivity contribution in [3.8, 4) is 0 Å². The molecular formula is C27H43F3N2O2. The molecular weight excluding hydrogens is 441 g/mol. The maximum atomic E-state index is 12.4. The number of rotatable bonds is 8. The number of hydrogen-bond donors (Lipinski definition) is 1. The van der Waals surface area contributed by atoms with E-state index in [2.05, 4.69) is 23.8 Å². The first-order valence-corrected chi connectivity index (χ1v) is 12.7. The van der Waals surface area contributed by atoms with Gasteiger partial charge in [0.05, 0.1) is 17.0 Å². The molecule has 0 unspecified atom stereocenters. The summed E-state index contributed by atoms with van der Waals surface area (Å²) in [6.45, 7) is 9.80. The van der Waals surface area contributed by atoms with E-state index < -0.39 is 17.5 Å². The summed E-state index contributed by atoms with van der Waals surface area (Å²) in [6, 6.07) is 2.35. The highest BCUT2D eigenvalue weighted by Crippen LogP contribution is 2.35. The molecule has 0 aromatic carbocycles. The number of nitrogens with zero attached hydrogens (tertiary/aromatic N) is 2. The van der Waals surface area contributed by atoms with Gasteiger partial charge in [-0.3, -0.25) is 9.79 Å². The highest BCUT2D eigenvalue weighted by Gasteiger charge is 2.36. The lowest BCUT2D eigenvalue weighted by Gasteiger charge is -2.35. The van der Waals surface area contributed by atoms with Crippen LogP contribution in [0.4, 0.5) is 18.9 Å². The van der Waals surface area contributed by atoms with Crippen molar-refractivity contribution in [2.45, 2.75) is 123 Å². The molecule has 0 saturated heterocycles. The molecule has 1 aromatic rings. The van der Waals surface area contributed by atoms with E-state index in [1.165, 1.54) is 25.3 Å². The normalized spacial score (nSPS) is 17.4. The number of aliphatic imine (C=N–C) groups is 1. The molecule has 34 heavy (non-hydrogen) atoms. The minimum Gasteiger partial charge on any atom is -0.389 e. The Labute approximate surface area is 203 Å². The topological polar surface area (TPSA) is 62.5 Å². The fourth-order valence-electron chi connectivity index (χ4n) is 3.63. The van der Waals surface area contributed by atoms with Gasteiger partial charge in [-0.05, 0) is 70.4 Å². The molecule has 2 aliphatic rings. The molecule has 0 atom stereocenters. The molecule has 1 aromatic heterocycles. The molecule has 0 aliphatic heterocycles. The predicted molar refractivity (Wildman–Crippen MR) is 133 cm³/mol. The van der Waals surface area contributed by atoms with Crippen LogP contribution in [0.1, 0.15) is 116 Å². The molecule has 3 rings (SSSR count). The number of aryl methyl sites for hydroxylation is 1. The van der Waals surface area contributed by atoms with Crippen LogP contribution in [0.2, 0.25) is 0 Å². The van der Waals surface area contributed by atoms with Crippen molar-refractivity contribution in [3.05, 3.63) is 23.5 Å². The van der Waals surface area contributed by atoms with Crippen molar-refractivity contribution >= 4 is 17.2 Å². The highest BCUT2D eigenvalue weighted by molar-refractivity contribution is 5.84. The van der Waals surface area contributed by atoms with Crippen LogP contribution in [-0.2, 0) is 11.0 Å². The number of ketones is 1. The monoisotopic (exact) mass is 484 g/mol. The molecule has 2 aliphatic carbocycles. The van der Waals surface area contributed by atoms with Crippen molar-refractivity contribution in [2.75, 3.05) is 0 Å². The first-order valence-electron chi connectivity index (χ1n) is 12.7. The minimum atomic E-state index is -4.40. The Kier molecular flexibility index (Phi) is 13.0. The zero-order valence-electron chi connectivity index (χ0n) is 21.6. The van der Waals surface area contributed by atoms with Crippen molar-refractivity contribution in [3.63, 3.8) is 0 Å². The molecule has 1 N–H and O–H groups in total. The van der Waals surface area contributed by atoms with E-state index in [0.717, 1.165) is 62.6 Å². The number of carbonyl (C=O) groups is 1. The maximum Gasteiger partial charge on any atom is 0.433 e. The van der Waals surface area contributed by atoms with Gasteiger partial charge in [0.1, 0.15) is 11.5 Å². The number of aromatic nitrogens is 1. The first kappa shape index (κ1) is 30.3. The number of pyridine rings is 1. The second-order valence-corrected chi connectivity index (χ2v) is 9.83. The van der Waals surface area contributed by atoms with Gasteiger partial charge in [0.2, 0.25) is 0 Å². The van der Waals surface area contributed by atoms with Crippen LogP contribution in [0.5, 0.6) is 0 Å². The van der Waals surface area contributed by atoms with Gasteiger partial charge in [-0.2, -0.15) is 13.2 Å². The van der Waals surface area contributed by atoms with Gasteiger partial charge in [0, 0.05) is 18.6 Å². The number of aliphatic hydroxyl groups is 1. The Balaban J connectivity index is 0.000000302. The van der Waals surface area contributed by atoms with E-state index in [4.69, 9.17) is 0 Å². The Hall–Kier alpha value is -1.76. The summed E-state index contributed by atoms with van der Waals surface area (Å²) >= 11 is 0. The average Bonchev–Trinajstić information content (AvgIpc) is 2.71. The largest absolute Gasteiger partial charge is 0.433 e. The molecule has 2 saturated carbocycles. The van der Waals surface area contributed by atoms with Crippen LogP contribution >= 0.6 is 0 Å². The molecule has 0 amide bonds. The van der Waals surface area contributed by atoms with Gasteiger partial charge in [-0.15, -0.1) is 0 Å². The summed E-state index contributed by atoms with van der Waals surface area (Å²) in [6.07, 6.45) is 7.65. The van der Waals surface area contributed by atoms with Crippen molar-refractivity contribution in [2.24, 2.45) is 10.9 Å². The Morgan fingerprint density at radius 2 is 1.76 bits per heavy atom. The molecule has 7 heteroatoms. The van der Waals surface area contributed by atoms with Crippen LogP contribution in [0.25, 0.3) is 0 Å². The zero-order valence-corrected chi connectivity index (χ0v) is 21.6. The fraction of sp³-hybridized carbons (Fsp3) is 0.741. The molecule has 4 nitrogen and oxygen atoms in total. The summed E-state index contributed by atoms with van der Waals surface area (Å²) in [5, 5.41) is 9.59. The summed E-state index contributed by atoms with van der Waals surface area (Å²) in [5.41, 5.74) is 0.260. The van der Waals surface area contributed by atoms with E-state index in [1.54, 1.807) is 6.92 Å². The van der Waals surface area contributed by atoms with Crippen molar-refractivity contribution < 1.29 is 23.1 Å². The van der Waals surface area contributed by atoms with E-state index in [1.807, 2.05) is 13.8 Å². The summed E-state index contributed by atoms with van der Waals surface area (Å²) in [4.78, 5) is 18.9. The van der Waals surface area contributed by atoms with E-state index in [-0.39, 0.29) is 5.78 Å². The minimum absolute atomic E-state index is 0.217. The lowest BCUT2D eigenvalue weighted by atomic mass is 9.76. The van der Waals surface area contributed by atoms with E-state index >= 15 is 0 Å². The van der Waals surface area contributed by atoms with Crippen LogP contribution in [0.3, 0.4) is 0 Å². The third-order valence-electron chi connectivity index (χ3n) is 6.28. The first-order chi connectivity index (χ1) is 15.9. The van der Waals surface area contributed by atoms with Crippen LogP contribution in [-0.4, -0.2) is 27.2 Å². The number of Topliss-reactive ketones (excluding diaryl/α,β-unsaturated/α-hetero) is 1. The summed E-state index contributed by atoms with van der Waals surface area (Å²) < 4.78 is 37.3. The number of hydrogen-bond acceptors (Lipinski definition) is 4. The summed E-state index contributed by atoms with van der Waals surface area (Å²) in [5.74, 6) is 1.28. The van der Waals surface area contributed by atoms with E-state index in [9.17, 15) is 23.1 Å². The molecule has 0 spiro atoms. The van der Waals surface area contributed by atoms with Crippen molar-refractivity contribution in [1.29, 1.82) is 0 Å². The molecule has 194 valence electrons. The lowest BCUT2D eigenvalue weighted by molar-refractivity contribution is -0.141. The second kappa shape index (κ2) is 14.6. The SMILES string of the molecule is CC1CCC1.CCCC(=O)CC1(O)CCC1.CCCCC(C)=Nc1ccc(C(F)(F)F)nc1C. The Bertz CT molecular complexity index is 783. The maximum absolute atomic E-state index is 12.4. The van der Waals surface area contributed by atoms with Gasteiger partial charge >= 0.3 is 6.18 Å². The average molecular weight is 485 g/mol. The Morgan fingerprint density at radius 1 is 1.15 bits per heavy atom. The number of halogens is 3. The predicted octanol–water partition coefficient (Wildman–Crippen LogP) is 8.16.